The molecule has 0 unspecified atom stereocenters. The second-order valence-corrected chi connectivity index (χ2v) is 7.83. The number of nitrogens with zero attached hydrogens (tertiary/aromatic N) is 5. The third-order valence-corrected chi connectivity index (χ3v) is 5.71. The topological polar surface area (TPSA) is 52.6 Å². The molecular formula is C22H28FN5O. The first-order valence-corrected chi connectivity index (χ1v) is 10.5. The average molecular weight is 397 g/mol. The highest BCUT2D eigenvalue weighted by molar-refractivity contribution is 5.93. The zero-order chi connectivity index (χ0) is 20.2. The van der Waals surface area contributed by atoms with Crippen LogP contribution in [0.5, 0.6) is 0 Å². The number of carbonyl (C=O) groups is 1. The van der Waals surface area contributed by atoms with Gasteiger partial charge in [0.05, 0.1) is 5.69 Å². The monoisotopic (exact) mass is 397 g/mol. The molecule has 2 aromatic rings. The molecule has 0 saturated carbocycles. The van der Waals surface area contributed by atoms with Crippen molar-refractivity contribution in [3.8, 4) is 0 Å². The molecule has 6 nitrogen and oxygen atoms in total. The van der Waals surface area contributed by atoms with Gasteiger partial charge in [-0.05, 0) is 38.0 Å². The molecule has 0 atom stereocenters. The van der Waals surface area contributed by atoms with Crippen molar-refractivity contribution in [2.45, 2.75) is 32.6 Å². The minimum Gasteiger partial charge on any atom is -0.366 e. The smallest absolute Gasteiger partial charge is 0.272 e. The minimum atomic E-state index is -0.221. The summed E-state index contributed by atoms with van der Waals surface area (Å²) < 4.78 is 14.0. The normalized spacial score (nSPS) is 17.9. The Kier molecular flexibility index (Phi) is 5.92. The predicted octanol–water partition coefficient (Wildman–Crippen LogP) is 3.27. The molecule has 0 bridgehead atoms. The second-order valence-electron chi connectivity index (χ2n) is 7.83. The van der Waals surface area contributed by atoms with Crippen LogP contribution in [0, 0.1) is 12.7 Å². The quantitative estimate of drug-likeness (QED) is 0.796. The van der Waals surface area contributed by atoms with E-state index in [4.69, 9.17) is 0 Å². The molecule has 4 rings (SSSR count). The van der Waals surface area contributed by atoms with Gasteiger partial charge in [0, 0.05) is 45.0 Å². The fourth-order valence-electron chi connectivity index (χ4n) is 4.10. The molecular weight excluding hydrogens is 369 g/mol. The van der Waals surface area contributed by atoms with Crippen LogP contribution in [0.3, 0.4) is 0 Å². The van der Waals surface area contributed by atoms with E-state index in [0.717, 1.165) is 31.6 Å². The molecule has 1 amide bonds. The van der Waals surface area contributed by atoms with E-state index in [0.29, 0.717) is 43.5 Å². The van der Waals surface area contributed by atoms with Crippen LogP contribution >= 0.6 is 0 Å². The highest BCUT2D eigenvalue weighted by Gasteiger charge is 2.25. The summed E-state index contributed by atoms with van der Waals surface area (Å²) >= 11 is 0. The number of para-hydroxylation sites is 1. The summed E-state index contributed by atoms with van der Waals surface area (Å²) in [6.45, 7) is 6.11. The SMILES string of the molecule is Cc1cc(C(=O)N2CCN(c3ccccc3F)CC2)nc(N2CCCCCC2)n1. The number of hydrogen-bond acceptors (Lipinski definition) is 5. The molecule has 29 heavy (non-hydrogen) atoms. The summed E-state index contributed by atoms with van der Waals surface area (Å²) in [5.74, 6) is 0.376. The average Bonchev–Trinajstić information content (AvgIpc) is 3.03. The maximum absolute atomic E-state index is 14.0. The second kappa shape index (κ2) is 8.76. The lowest BCUT2D eigenvalue weighted by Gasteiger charge is -2.36. The molecule has 7 heteroatoms. The van der Waals surface area contributed by atoms with E-state index in [-0.39, 0.29) is 11.7 Å². The minimum absolute atomic E-state index is 0.0697. The number of aryl methyl sites for hydroxylation is 1. The molecule has 0 spiro atoms. The van der Waals surface area contributed by atoms with E-state index in [1.54, 1.807) is 18.2 Å². The van der Waals surface area contributed by atoms with Crippen LogP contribution in [-0.2, 0) is 0 Å². The molecule has 0 aliphatic carbocycles. The third-order valence-electron chi connectivity index (χ3n) is 5.71. The summed E-state index contributed by atoms with van der Waals surface area (Å²) in [4.78, 5) is 28.3. The Balaban J connectivity index is 1.45. The van der Waals surface area contributed by atoms with Crippen molar-refractivity contribution >= 4 is 17.5 Å². The summed E-state index contributed by atoms with van der Waals surface area (Å²) in [6, 6.07) is 8.56. The molecule has 3 heterocycles. The third kappa shape index (κ3) is 4.49. The molecule has 2 aliphatic rings. The fourth-order valence-corrected chi connectivity index (χ4v) is 4.10. The van der Waals surface area contributed by atoms with E-state index in [1.807, 2.05) is 22.8 Å². The van der Waals surface area contributed by atoms with Crippen molar-refractivity contribution < 1.29 is 9.18 Å². The van der Waals surface area contributed by atoms with E-state index < -0.39 is 0 Å². The Labute approximate surface area is 171 Å². The maximum Gasteiger partial charge on any atom is 0.272 e. The Morgan fingerprint density at radius 3 is 2.28 bits per heavy atom. The molecule has 1 aromatic carbocycles. The standard InChI is InChI=1S/C22H28FN5O/c1-17-16-19(25-22(24-17)28-10-6-2-3-7-11-28)21(29)27-14-12-26(13-15-27)20-9-5-4-8-18(20)23/h4-5,8-9,16H,2-3,6-7,10-15H2,1H3. The number of rotatable bonds is 3. The lowest BCUT2D eigenvalue weighted by Crippen LogP contribution is -2.49. The van der Waals surface area contributed by atoms with Crippen molar-refractivity contribution in [2.75, 3.05) is 49.1 Å². The van der Waals surface area contributed by atoms with Gasteiger partial charge in [-0.1, -0.05) is 25.0 Å². The first kappa shape index (κ1) is 19.6. The Morgan fingerprint density at radius 2 is 1.59 bits per heavy atom. The number of carbonyl (C=O) groups excluding carboxylic acids is 1. The number of benzene rings is 1. The number of hydrogen-bond donors (Lipinski definition) is 0. The van der Waals surface area contributed by atoms with Gasteiger partial charge in [-0.2, -0.15) is 0 Å². The van der Waals surface area contributed by atoms with Gasteiger partial charge in [-0.15, -0.1) is 0 Å². The largest absolute Gasteiger partial charge is 0.366 e. The van der Waals surface area contributed by atoms with Crippen LogP contribution in [0.4, 0.5) is 16.0 Å². The van der Waals surface area contributed by atoms with Gasteiger partial charge in [0.1, 0.15) is 11.5 Å². The van der Waals surface area contributed by atoms with Crippen LogP contribution in [-0.4, -0.2) is 60.0 Å². The molecule has 154 valence electrons. The van der Waals surface area contributed by atoms with Crippen molar-refractivity contribution in [1.82, 2.24) is 14.9 Å². The Bertz CT molecular complexity index is 858. The fraction of sp³-hybridized carbons (Fsp3) is 0.500. The zero-order valence-corrected chi connectivity index (χ0v) is 17.0. The van der Waals surface area contributed by atoms with Crippen molar-refractivity contribution in [3.05, 3.63) is 47.5 Å². The lowest BCUT2D eigenvalue weighted by atomic mass is 10.2. The van der Waals surface area contributed by atoms with Gasteiger partial charge in [-0.25, -0.2) is 14.4 Å². The van der Waals surface area contributed by atoms with Gasteiger partial charge >= 0.3 is 0 Å². The van der Waals surface area contributed by atoms with Crippen LogP contribution in [0.2, 0.25) is 0 Å². The molecule has 0 N–H and O–H groups in total. The summed E-state index contributed by atoms with van der Waals surface area (Å²) in [7, 11) is 0. The number of halogens is 1. The maximum atomic E-state index is 14.0. The predicted molar refractivity (Wildman–Crippen MR) is 112 cm³/mol. The van der Waals surface area contributed by atoms with E-state index in [1.165, 1.54) is 18.9 Å². The van der Waals surface area contributed by atoms with Crippen LogP contribution in [0.25, 0.3) is 0 Å². The first-order chi connectivity index (χ1) is 14.1. The summed E-state index contributed by atoms with van der Waals surface area (Å²) in [5, 5.41) is 0. The number of aromatic nitrogens is 2. The van der Waals surface area contributed by atoms with E-state index in [2.05, 4.69) is 14.9 Å². The Morgan fingerprint density at radius 1 is 0.897 bits per heavy atom. The van der Waals surface area contributed by atoms with Gasteiger partial charge in [-0.3, -0.25) is 4.79 Å². The molecule has 2 saturated heterocycles. The van der Waals surface area contributed by atoms with Crippen LogP contribution in [0.1, 0.15) is 41.9 Å². The van der Waals surface area contributed by atoms with Crippen molar-refractivity contribution in [2.24, 2.45) is 0 Å². The number of piperazine rings is 1. The van der Waals surface area contributed by atoms with E-state index >= 15 is 0 Å². The highest BCUT2D eigenvalue weighted by atomic mass is 19.1. The van der Waals surface area contributed by atoms with Gasteiger partial charge in [0.25, 0.3) is 5.91 Å². The highest BCUT2D eigenvalue weighted by Crippen LogP contribution is 2.21. The molecule has 2 fully saturated rings. The van der Waals surface area contributed by atoms with Gasteiger partial charge in [0.15, 0.2) is 0 Å². The molecule has 1 aromatic heterocycles. The molecule has 2 aliphatic heterocycles. The first-order valence-electron chi connectivity index (χ1n) is 10.5. The lowest BCUT2D eigenvalue weighted by molar-refractivity contribution is 0.0740. The van der Waals surface area contributed by atoms with E-state index in [9.17, 15) is 9.18 Å². The summed E-state index contributed by atoms with van der Waals surface area (Å²) in [5.41, 5.74) is 1.87. The van der Waals surface area contributed by atoms with Gasteiger partial charge < -0.3 is 14.7 Å². The zero-order valence-electron chi connectivity index (χ0n) is 17.0. The molecule has 0 radical (unpaired) electrons. The Hall–Kier alpha value is -2.70. The number of amides is 1. The van der Waals surface area contributed by atoms with Crippen LogP contribution in [0.15, 0.2) is 30.3 Å². The van der Waals surface area contributed by atoms with Crippen molar-refractivity contribution in [1.29, 1.82) is 0 Å². The summed E-state index contributed by atoms with van der Waals surface area (Å²) in [6.07, 6.45) is 4.75. The van der Waals surface area contributed by atoms with Crippen LogP contribution < -0.4 is 9.80 Å². The number of anilines is 2. The van der Waals surface area contributed by atoms with Crippen molar-refractivity contribution in [3.63, 3.8) is 0 Å². The van der Waals surface area contributed by atoms with Gasteiger partial charge in [0.2, 0.25) is 5.95 Å².